The van der Waals surface area contributed by atoms with Gasteiger partial charge in [-0.3, -0.25) is 4.79 Å². The lowest BCUT2D eigenvalue weighted by Crippen LogP contribution is -2.40. The van der Waals surface area contributed by atoms with Crippen molar-refractivity contribution >= 4 is 15.9 Å². The van der Waals surface area contributed by atoms with Gasteiger partial charge in [0.25, 0.3) is 5.91 Å². The van der Waals surface area contributed by atoms with Gasteiger partial charge in [0, 0.05) is 23.7 Å². The second-order valence-electron chi connectivity index (χ2n) is 7.82. The van der Waals surface area contributed by atoms with Gasteiger partial charge in [0.15, 0.2) is 0 Å². The Kier molecular flexibility index (Phi) is 6.59. The quantitative estimate of drug-likeness (QED) is 0.852. The van der Waals surface area contributed by atoms with Crippen molar-refractivity contribution in [1.82, 2.24) is 9.62 Å². The van der Waals surface area contributed by atoms with E-state index in [4.69, 9.17) is 0 Å². The van der Waals surface area contributed by atoms with Crippen LogP contribution in [0.4, 0.5) is 0 Å². The molecule has 0 atom stereocenters. The lowest BCUT2D eigenvalue weighted by Gasteiger charge is -2.28. The Balaban J connectivity index is 3.04. The summed E-state index contributed by atoms with van der Waals surface area (Å²) in [4.78, 5) is 14.6. The van der Waals surface area contributed by atoms with Crippen molar-refractivity contribution in [2.24, 2.45) is 5.92 Å². The van der Waals surface area contributed by atoms with E-state index < -0.39 is 15.6 Å². The first-order valence-corrected chi connectivity index (χ1v) is 9.77. The van der Waals surface area contributed by atoms with E-state index in [-0.39, 0.29) is 16.8 Å². The first kappa shape index (κ1) is 20.6. The molecule has 0 heterocycles. The van der Waals surface area contributed by atoms with E-state index in [0.717, 1.165) is 0 Å². The van der Waals surface area contributed by atoms with Gasteiger partial charge in [-0.15, -0.1) is 0 Å². The Bertz CT molecular complexity index is 656. The molecule has 0 aliphatic carbocycles. The first-order chi connectivity index (χ1) is 10.8. The van der Waals surface area contributed by atoms with Gasteiger partial charge < -0.3 is 4.90 Å². The number of carbonyl (C=O) groups is 1. The fraction of sp³-hybridized carbons (Fsp3) is 0.611. The standard InChI is InChI=1S/C18H30N2O3S/c1-13(2)12-20(14(3)4)17(21)15-8-10-16(11-9-15)24(22,23)19-18(5,6)7/h8-11,13-14,19H,12H2,1-7H3. The number of rotatable bonds is 6. The molecule has 0 aromatic heterocycles. The molecule has 1 aromatic rings. The highest BCUT2D eigenvalue weighted by molar-refractivity contribution is 7.89. The van der Waals surface area contributed by atoms with Crippen LogP contribution in [0.3, 0.4) is 0 Å². The molecule has 0 saturated heterocycles. The van der Waals surface area contributed by atoms with Gasteiger partial charge in [-0.1, -0.05) is 13.8 Å². The highest BCUT2D eigenvalue weighted by Crippen LogP contribution is 2.16. The molecule has 5 nitrogen and oxygen atoms in total. The van der Waals surface area contributed by atoms with E-state index in [9.17, 15) is 13.2 Å². The largest absolute Gasteiger partial charge is 0.336 e. The molecular weight excluding hydrogens is 324 g/mol. The van der Waals surface area contributed by atoms with Crippen molar-refractivity contribution < 1.29 is 13.2 Å². The predicted molar refractivity (Wildman–Crippen MR) is 97.5 cm³/mol. The van der Waals surface area contributed by atoms with Crippen molar-refractivity contribution in [2.45, 2.75) is 64.9 Å². The second-order valence-corrected chi connectivity index (χ2v) is 9.51. The lowest BCUT2D eigenvalue weighted by molar-refractivity contribution is 0.0682. The average Bonchev–Trinajstić information content (AvgIpc) is 2.41. The molecule has 1 aromatic carbocycles. The molecule has 0 aliphatic rings. The monoisotopic (exact) mass is 354 g/mol. The molecule has 1 rings (SSSR count). The Morgan fingerprint density at radius 2 is 1.58 bits per heavy atom. The normalized spacial score (nSPS) is 12.7. The van der Waals surface area contributed by atoms with Crippen molar-refractivity contribution in [3.8, 4) is 0 Å². The number of nitrogens with zero attached hydrogens (tertiary/aromatic N) is 1. The van der Waals surface area contributed by atoms with Crippen molar-refractivity contribution in [3.05, 3.63) is 29.8 Å². The number of nitrogens with one attached hydrogen (secondary N) is 1. The molecule has 0 spiro atoms. The Hall–Kier alpha value is -1.40. The van der Waals surface area contributed by atoms with E-state index in [1.165, 1.54) is 12.1 Å². The zero-order valence-corrected chi connectivity index (χ0v) is 16.6. The van der Waals surface area contributed by atoms with Crippen LogP contribution in [-0.4, -0.2) is 37.4 Å². The number of hydrogen-bond donors (Lipinski definition) is 1. The molecule has 0 radical (unpaired) electrons. The maximum absolute atomic E-state index is 12.7. The molecule has 6 heteroatoms. The summed E-state index contributed by atoms with van der Waals surface area (Å²) in [5, 5.41) is 0. The maximum atomic E-state index is 12.7. The van der Waals surface area contributed by atoms with Gasteiger partial charge in [0.1, 0.15) is 0 Å². The number of carbonyl (C=O) groups excluding carboxylic acids is 1. The SMILES string of the molecule is CC(C)CN(C(=O)c1ccc(S(=O)(=O)NC(C)(C)C)cc1)C(C)C. The molecule has 136 valence electrons. The lowest BCUT2D eigenvalue weighted by atomic mass is 10.1. The summed E-state index contributed by atoms with van der Waals surface area (Å²) in [7, 11) is -3.59. The third kappa shape index (κ3) is 5.91. The molecule has 24 heavy (non-hydrogen) atoms. The van der Waals surface area contributed by atoms with Gasteiger partial charge in [0.05, 0.1) is 4.90 Å². The zero-order chi connectivity index (χ0) is 18.7. The van der Waals surface area contributed by atoms with Crippen molar-refractivity contribution in [2.75, 3.05) is 6.54 Å². The van der Waals surface area contributed by atoms with Crippen LogP contribution in [0.1, 0.15) is 58.8 Å². The zero-order valence-electron chi connectivity index (χ0n) is 15.8. The smallest absolute Gasteiger partial charge is 0.254 e. The van der Waals surface area contributed by atoms with Crippen LogP contribution in [0, 0.1) is 5.92 Å². The van der Waals surface area contributed by atoms with Crippen molar-refractivity contribution in [3.63, 3.8) is 0 Å². The highest BCUT2D eigenvalue weighted by Gasteiger charge is 2.23. The topological polar surface area (TPSA) is 66.5 Å². The van der Waals surface area contributed by atoms with E-state index in [1.54, 1.807) is 32.9 Å². The molecule has 0 aliphatic heterocycles. The van der Waals surface area contributed by atoms with Crippen LogP contribution in [0.25, 0.3) is 0 Å². The summed E-state index contributed by atoms with van der Waals surface area (Å²) >= 11 is 0. The minimum atomic E-state index is -3.59. The van der Waals surface area contributed by atoms with E-state index in [0.29, 0.717) is 18.0 Å². The van der Waals surface area contributed by atoms with Crippen LogP contribution >= 0.6 is 0 Å². The van der Waals surface area contributed by atoms with Gasteiger partial charge in [0.2, 0.25) is 10.0 Å². The van der Waals surface area contributed by atoms with Crippen LogP contribution in [0.2, 0.25) is 0 Å². The minimum Gasteiger partial charge on any atom is -0.336 e. The Labute approximate surface area is 146 Å². The summed E-state index contributed by atoms with van der Waals surface area (Å²) in [6.45, 7) is 14.1. The molecule has 0 fully saturated rings. The summed E-state index contributed by atoms with van der Waals surface area (Å²) in [6.07, 6.45) is 0. The maximum Gasteiger partial charge on any atom is 0.254 e. The Morgan fingerprint density at radius 3 is 1.96 bits per heavy atom. The fourth-order valence-electron chi connectivity index (χ4n) is 2.33. The minimum absolute atomic E-state index is 0.0774. The van der Waals surface area contributed by atoms with Gasteiger partial charge in [-0.25, -0.2) is 13.1 Å². The number of sulfonamides is 1. The number of amides is 1. The van der Waals surface area contributed by atoms with E-state index in [2.05, 4.69) is 18.6 Å². The third-order valence-corrected chi connectivity index (χ3v) is 5.07. The predicted octanol–water partition coefficient (Wildman–Crippen LogP) is 3.27. The van der Waals surface area contributed by atoms with Crippen LogP contribution in [0.5, 0.6) is 0 Å². The van der Waals surface area contributed by atoms with Gasteiger partial charge in [-0.05, 0) is 64.8 Å². The van der Waals surface area contributed by atoms with Crippen LogP contribution in [-0.2, 0) is 10.0 Å². The number of hydrogen-bond acceptors (Lipinski definition) is 3. The summed E-state index contributed by atoms with van der Waals surface area (Å²) in [6, 6.07) is 6.21. The van der Waals surface area contributed by atoms with Crippen molar-refractivity contribution in [1.29, 1.82) is 0 Å². The molecule has 0 saturated carbocycles. The molecular formula is C18H30N2O3S. The molecule has 1 amide bonds. The van der Waals surface area contributed by atoms with Gasteiger partial charge >= 0.3 is 0 Å². The summed E-state index contributed by atoms with van der Waals surface area (Å²) in [5.41, 5.74) is -0.0574. The summed E-state index contributed by atoms with van der Waals surface area (Å²) in [5.74, 6) is 0.290. The van der Waals surface area contributed by atoms with Crippen LogP contribution < -0.4 is 4.72 Å². The second kappa shape index (κ2) is 7.66. The van der Waals surface area contributed by atoms with E-state index >= 15 is 0 Å². The Morgan fingerprint density at radius 1 is 1.08 bits per heavy atom. The number of benzene rings is 1. The first-order valence-electron chi connectivity index (χ1n) is 8.28. The fourth-order valence-corrected chi connectivity index (χ4v) is 3.74. The molecule has 0 unspecified atom stereocenters. The third-order valence-electron chi connectivity index (χ3n) is 3.30. The van der Waals surface area contributed by atoms with E-state index in [1.807, 2.05) is 18.7 Å². The molecule has 0 bridgehead atoms. The van der Waals surface area contributed by atoms with Crippen LogP contribution in [0.15, 0.2) is 29.2 Å². The van der Waals surface area contributed by atoms with Gasteiger partial charge in [-0.2, -0.15) is 0 Å². The molecule has 1 N–H and O–H groups in total. The average molecular weight is 355 g/mol. The summed E-state index contributed by atoms with van der Waals surface area (Å²) < 4.78 is 27.2. The highest BCUT2D eigenvalue weighted by atomic mass is 32.2.